The molecule has 0 unspecified atom stereocenters. The first-order valence-corrected chi connectivity index (χ1v) is 6.99. The molecule has 1 aromatic heterocycles. The lowest BCUT2D eigenvalue weighted by Gasteiger charge is -2.21. The van der Waals surface area contributed by atoms with Crippen molar-refractivity contribution in [3.05, 3.63) is 36.5 Å². The molecule has 3 rings (SSSR count). The number of nitrogens with zero attached hydrogens (tertiary/aromatic N) is 1. The summed E-state index contributed by atoms with van der Waals surface area (Å²) in [6, 6.07) is 9.75. The van der Waals surface area contributed by atoms with E-state index in [0.29, 0.717) is 0 Å². The van der Waals surface area contributed by atoms with E-state index in [4.69, 9.17) is 0 Å². The second-order valence-electron chi connectivity index (χ2n) is 5.20. The average molecular weight is 254 g/mol. The molecule has 98 valence electrons. The normalized spacial score (nSPS) is 16.4. The van der Waals surface area contributed by atoms with Crippen LogP contribution in [0.4, 0.5) is 5.69 Å². The molecule has 1 aromatic carbocycles. The SMILES string of the molecule is O=C(Nc1cccc2ncccc12)C1CCCCC1. The third-order valence-electron chi connectivity index (χ3n) is 3.88. The number of benzene rings is 1. The Balaban J connectivity index is 1.82. The Kier molecular flexibility index (Phi) is 3.45. The van der Waals surface area contributed by atoms with Crippen LogP contribution in [0.25, 0.3) is 10.9 Å². The highest BCUT2D eigenvalue weighted by atomic mass is 16.1. The standard InChI is InChI=1S/C16H18N2O/c19-16(12-6-2-1-3-7-12)18-15-10-4-9-14-13(15)8-5-11-17-14/h4-5,8-12H,1-3,6-7H2,(H,18,19). The molecule has 1 amide bonds. The fourth-order valence-electron chi connectivity index (χ4n) is 2.81. The number of hydrogen-bond donors (Lipinski definition) is 1. The number of aromatic nitrogens is 1. The van der Waals surface area contributed by atoms with Crippen molar-refractivity contribution in [3.63, 3.8) is 0 Å². The van der Waals surface area contributed by atoms with Crippen molar-refractivity contribution in [3.8, 4) is 0 Å². The Labute approximate surface area is 113 Å². The van der Waals surface area contributed by atoms with E-state index in [1.807, 2.05) is 30.3 Å². The van der Waals surface area contributed by atoms with E-state index < -0.39 is 0 Å². The van der Waals surface area contributed by atoms with Gasteiger partial charge >= 0.3 is 0 Å². The summed E-state index contributed by atoms with van der Waals surface area (Å²) >= 11 is 0. The van der Waals surface area contributed by atoms with Gasteiger partial charge < -0.3 is 5.32 Å². The topological polar surface area (TPSA) is 42.0 Å². The van der Waals surface area contributed by atoms with Gasteiger partial charge in [-0.15, -0.1) is 0 Å². The molecule has 0 saturated heterocycles. The van der Waals surface area contributed by atoms with Crippen LogP contribution >= 0.6 is 0 Å². The second kappa shape index (κ2) is 5.39. The van der Waals surface area contributed by atoms with Crippen LogP contribution in [0.1, 0.15) is 32.1 Å². The van der Waals surface area contributed by atoms with Crippen LogP contribution in [-0.2, 0) is 4.79 Å². The maximum atomic E-state index is 12.3. The molecular formula is C16H18N2O. The molecule has 19 heavy (non-hydrogen) atoms. The lowest BCUT2D eigenvalue weighted by atomic mass is 9.88. The summed E-state index contributed by atoms with van der Waals surface area (Å²) in [6.45, 7) is 0. The van der Waals surface area contributed by atoms with Gasteiger partial charge in [-0.05, 0) is 37.1 Å². The van der Waals surface area contributed by atoms with E-state index >= 15 is 0 Å². The van der Waals surface area contributed by atoms with Gasteiger partial charge in [0.1, 0.15) is 0 Å². The van der Waals surface area contributed by atoms with E-state index in [0.717, 1.165) is 29.4 Å². The van der Waals surface area contributed by atoms with Crippen molar-refractivity contribution in [2.24, 2.45) is 5.92 Å². The molecule has 0 spiro atoms. The minimum absolute atomic E-state index is 0.163. The van der Waals surface area contributed by atoms with Crippen molar-refractivity contribution < 1.29 is 4.79 Å². The summed E-state index contributed by atoms with van der Waals surface area (Å²) in [5, 5.41) is 4.08. The van der Waals surface area contributed by atoms with Crippen molar-refractivity contribution in [2.75, 3.05) is 5.32 Å². The molecular weight excluding hydrogens is 236 g/mol. The number of nitrogens with one attached hydrogen (secondary N) is 1. The van der Waals surface area contributed by atoms with Crippen LogP contribution in [0, 0.1) is 5.92 Å². The predicted octanol–water partition coefficient (Wildman–Crippen LogP) is 3.75. The average Bonchev–Trinajstić information content (AvgIpc) is 2.48. The summed E-state index contributed by atoms with van der Waals surface area (Å²) in [7, 11) is 0. The minimum atomic E-state index is 0.163. The van der Waals surface area contributed by atoms with Crippen LogP contribution in [0.3, 0.4) is 0 Å². The van der Waals surface area contributed by atoms with Gasteiger partial charge in [0.25, 0.3) is 0 Å². The molecule has 0 radical (unpaired) electrons. The molecule has 2 aromatic rings. The van der Waals surface area contributed by atoms with Gasteiger partial charge in [0, 0.05) is 17.5 Å². The number of carbonyl (C=O) groups excluding carboxylic acids is 1. The van der Waals surface area contributed by atoms with E-state index in [2.05, 4.69) is 10.3 Å². The number of rotatable bonds is 2. The predicted molar refractivity (Wildman–Crippen MR) is 76.9 cm³/mol. The first-order valence-electron chi connectivity index (χ1n) is 6.99. The molecule has 1 aliphatic rings. The van der Waals surface area contributed by atoms with Crippen LogP contribution in [0.15, 0.2) is 36.5 Å². The van der Waals surface area contributed by atoms with Gasteiger partial charge in [0.15, 0.2) is 0 Å². The molecule has 1 N–H and O–H groups in total. The van der Waals surface area contributed by atoms with Gasteiger partial charge in [-0.3, -0.25) is 9.78 Å². The van der Waals surface area contributed by atoms with E-state index in [-0.39, 0.29) is 11.8 Å². The number of hydrogen-bond acceptors (Lipinski definition) is 2. The first-order chi connectivity index (χ1) is 9.34. The van der Waals surface area contributed by atoms with Crippen LogP contribution in [0.5, 0.6) is 0 Å². The molecule has 3 heteroatoms. The van der Waals surface area contributed by atoms with Crippen molar-refractivity contribution in [2.45, 2.75) is 32.1 Å². The van der Waals surface area contributed by atoms with Crippen molar-refractivity contribution >= 4 is 22.5 Å². The maximum Gasteiger partial charge on any atom is 0.227 e. The van der Waals surface area contributed by atoms with Crippen molar-refractivity contribution in [1.29, 1.82) is 0 Å². The molecule has 0 aliphatic heterocycles. The molecule has 1 fully saturated rings. The number of pyridine rings is 1. The first kappa shape index (κ1) is 12.2. The van der Waals surface area contributed by atoms with E-state index in [1.54, 1.807) is 6.20 Å². The largest absolute Gasteiger partial charge is 0.325 e. The molecule has 0 atom stereocenters. The lowest BCUT2D eigenvalue weighted by molar-refractivity contribution is -0.120. The zero-order chi connectivity index (χ0) is 13.1. The Morgan fingerprint density at radius 1 is 1.11 bits per heavy atom. The van der Waals surface area contributed by atoms with Crippen LogP contribution in [-0.4, -0.2) is 10.9 Å². The third kappa shape index (κ3) is 2.60. The van der Waals surface area contributed by atoms with Crippen LogP contribution < -0.4 is 5.32 Å². The summed E-state index contributed by atoms with van der Waals surface area (Å²) in [5.41, 5.74) is 1.80. The second-order valence-corrected chi connectivity index (χ2v) is 5.20. The highest BCUT2D eigenvalue weighted by molar-refractivity contribution is 6.01. The highest BCUT2D eigenvalue weighted by Crippen LogP contribution is 2.27. The number of fused-ring (bicyclic) bond motifs is 1. The summed E-state index contributed by atoms with van der Waals surface area (Å²) in [5.74, 6) is 0.344. The number of carbonyl (C=O) groups is 1. The number of anilines is 1. The fourth-order valence-corrected chi connectivity index (χ4v) is 2.81. The molecule has 0 bridgehead atoms. The lowest BCUT2D eigenvalue weighted by Crippen LogP contribution is -2.24. The fraction of sp³-hybridized carbons (Fsp3) is 0.375. The Morgan fingerprint density at radius 3 is 2.79 bits per heavy atom. The Morgan fingerprint density at radius 2 is 1.95 bits per heavy atom. The molecule has 1 aliphatic carbocycles. The highest BCUT2D eigenvalue weighted by Gasteiger charge is 2.21. The molecule has 3 nitrogen and oxygen atoms in total. The third-order valence-corrected chi connectivity index (χ3v) is 3.88. The molecule has 1 saturated carbocycles. The van der Waals surface area contributed by atoms with Gasteiger partial charge in [0.2, 0.25) is 5.91 Å². The van der Waals surface area contributed by atoms with Crippen molar-refractivity contribution in [1.82, 2.24) is 4.98 Å². The zero-order valence-corrected chi connectivity index (χ0v) is 10.9. The van der Waals surface area contributed by atoms with E-state index in [1.165, 1.54) is 19.3 Å². The van der Waals surface area contributed by atoms with Gasteiger partial charge in [-0.2, -0.15) is 0 Å². The van der Waals surface area contributed by atoms with E-state index in [9.17, 15) is 4.79 Å². The summed E-state index contributed by atoms with van der Waals surface area (Å²) < 4.78 is 0. The van der Waals surface area contributed by atoms with Gasteiger partial charge in [-0.1, -0.05) is 25.3 Å². The zero-order valence-electron chi connectivity index (χ0n) is 10.9. The minimum Gasteiger partial charge on any atom is -0.325 e. The maximum absolute atomic E-state index is 12.3. The van der Waals surface area contributed by atoms with Gasteiger partial charge in [-0.25, -0.2) is 0 Å². The monoisotopic (exact) mass is 254 g/mol. The Bertz CT molecular complexity index is 583. The quantitative estimate of drug-likeness (QED) is 0.886. The van der Waals surface area contributed by atoms with Gasteiger partial charge in [0.05, 0.1) is 11.2 Å². The van der Waals surface area contributed by atoms with Crippen LogP contribution in [0.2, 0.25) is 0 Å². The smallest absolute Gasteiger partial charge is 0.227 e. The Hall–Kier alpha value is -1.90. The summed E-state index contributed by atoms with van der Waals surface area (Å²) in [6.07, 6.45) is 7.44. The number of amides is 1. The molecule has 1 heterocycles. The summed E-state index contributed by atoms with van der Waals surface area (Å²) in [4.78, 5) is 16.6.